The van der Waals surface area contributed by atoms with Crippen LogP contribution < -0.4 is 5.32 Å². The molecule has 0 aliphatic rings. The average Bonchev–Trinajstić information content (AvgIpc) is 2.55. The van der Waals surface area contributed by atoms with Crippen LogP contribution in [0, 0.1) is 0 Å². The van der Waals surface area contributed by atoms with Crippen molar-refractivity contribution in [2.24, 2.45) is 0 Å². The van der Waals surface area contributed by atoms with Gasteiger partial charge in [0.1, 0.15) is 0 Å². The monoisotopic (exact) mass is 263 g/mol. The van der Waals surface area contributed by atoms with Gasteiger partial charge in [0.15, 0.2) is 0 Å². The fourth-order valence-electron chi connectivity index (χ4n) is 2.00. The van der Waals surface area contributed by atoms with Gasteiger partial charge in [-0.25, -0.2) is 0 Å². The predicted molar refractivity (Wildman–Crippen MR) is 87.8 cm³/mol. The zero-order chi connectivity index (χ0) is 14.0. The van der Waals surface area contributed by atoms with Crippen LogP contribution in [0.2, 0.25) is 0 Å². The number of hydrogen-bond acceptors (Lipinski definition) is 1. The Hall–Kier alpha value is -2.12. The van der Waals surface area contributed by atoms with Crippen LogP contribution in [0.1, 0.15) is 12.5 Å². The van der Waals surface area contributed by atoms with Crippen molar-refractivity contribution in [2.75, 3.05) is 6.54 Å². The van der Waals surface area contributed by atoms with E-state index in [1.165, 1.54) is 16.3 Å². The van der Waals surface area contributed by atoms with E-state index in [1.807, 2.05) is 6.07 Å². The molecule has 0 saturated carbocycles. The van der Waals surface area contributed by atoms with Crippen LogP contribution in [-0.2, 0) is 6.54 Å². The van der Waals surface area contributed by atoms with E-state index < -0.39 is 0 Å². The molecule has 1 heteroatoms. The fraction of sp³-hybridized carbons (Fsp3) is 0.158. The maximum Gasteiger partial charge on any atom is 0.0205 e. The van der Waals surface area contributed by atoms with Crippen LogP contribution >= 0.6 is 0 Å². The van der Waals surface area contributed by atoms with E-state index >= 15 is 0 Å². The quantitative estimate of drug-likeness (QED) is 0.726. The molecule has 1 nitrogen and oxygen atoms in total. The molecular formula is C19H21N. The minimum atomic E-state index is 0.983. The summed E-state index contributed by atoms with van der Waals surface area (Å²) in [5, 5.41) is 5.88. The van der Waals surface area contributed by atoms with Gasteiger partial charge in [-0.2, -0.15) is 0 Å². The zero-order valence-electron chi connectivity index (χ0n) is 11.9. The van der Waals surface area contributed by atoms with Crippen LogP contribution in [0.3, 0.4) is 0 Å². The Balaban J connectivity index is 0.000000147. The minimum absolute atomic E-state index is 0.983. The van der Waals surface area contributed by atoms with Crippen molar-refractivity contribution in [3.63, 3.8) is 0 Å². The molecular weight excluding hydrogens is 242 g/mol. The summed E-state index contributed by atoms with van der Waals surface area (Å²) in [6.07, 6.45) is 0. The molecule has 1 N–H and O–H groups in total. The molecule has 3 aromatic carbocycles. The number of rotatable bonds is 3. The Morgan fingerprint density at radius 3 is 1.55 bits per heavy atom. The van der Waals surface area contributed by atoms with Crippen molar-refractivity contribution in [1.82, 2.24) is 5.32 Å². The molecule has 0 unspecified atom stereocenters. The number of hydrogen-bond donors (Lipinski definition) is 1. The highest BCUT2D eigenvalue weighted by Gasteiger charge is 1.86. The third kappa shape index (κ3) is 4.52. The molecule has 0 radical (unpaired) electrons. The van der Waals surface area contributed by atoms with Gasteiger partial charge in [0, 0.05) is 6.54 Å². The number of nitrogens with one attached hydrogen (secondary N) is 1. The van der Waals surface area contributed by atoms with Crippen molar-refractivity contribution in [2.45, 2.75) is 13.5 Å². The van der Waals surface area contributed by atoms with Crippen LogP contribution in [0.25, 0.3) is 10.8 Å². The summed E-state index contributed by atoms with van der Waals surface area (Å²) < 4.78 is 0. The number of fused-ring (bicyclic) bond motifs is 1. The van der Waals surface area contributed by atoms with Gasteiger partial charge in [0.05, 0.1) is 0 Å². The molecule has 0 bridgehead atoms. The first-order valence-electron chi connectivity index (χ1n) is 7.08. The normalized spacial score (nSPS) is 9.85. The SMILES string of the molecule is CCNCc1ccccc1.c1ccc2ccccc2c1. The first kappa shape index (κ1) is 14.3. The van der Waals surface area contributed by atoms with Gasteiger partial charge >= 0.3 is 0 Å². The molecule has 102 valence electrons. The highest BCUT2D eigenvalue weighted by molar-refractivity contribution is 5.81. The van der Waals surface area contributed by atoms with E-state index in [4.69, 9.17) is 0 Å². The summed E-state index contributed by atoms with van der Waals surface area (Å²) in [6, 6.07) is 27.1. The molecule has 3 aromatic rings. The van der Waals surface area contributed by atoms with Gasteiger partial charge in [-0.1, -0.05) is 85.8 Å². The van der Waals surface area contributed by atoms with Crippen molar-refractivity contribution >= 4 is 10.8 Å². The van der Waals surface area contributed by atoms with E-state index in [0.717, 1.165) is 13.1 Å². The standard InChI is InChI=1S/C10H8.C9H13N/c1-2-6-10-8-4-3-7-9(10)5-1;1-2-10-8-9-6-4-3-5-7-9/h1-8H;3-7,10H,2,8H2,1H3. The van der Waals surface area contributed by atoms with E-state index in [9.17, 15) is 0 Å². The topological polar surface area (TPSA) is 12.0 Å². The van der Waals surface area contributed by atoms with Gasteiger partial charge in [0.2, 0.25) is 0 Å². The molecule has 20 heavy (non-hydrogen) atoms. The van der Waals surface area contributed by atoms with E-state index in [2.05, 4.69) is 85.0 Å². The largest absolute Gasteiger partial charge is 0.313 e. The molecule has 0 amide bonds. The molecule has 0 saturated heterocycles. The van der Waals surface area contributed by atoms with Crippen molar-refractivity contribution in [3.05, 3.63) is 84.4 Å². The molecule has 0 aromatic heterocycles. The summed E-state index contributed by atoms with van der Waals surface area (Å²) in [6.45, 7) is 4.13. The second-order valence-corrected chi connectivity index (χ2v) is 4.61. The molecule has 0 spiro atoms. The van der Waals surface area contributed by atoms with Gasteiger partial charge in [0.25, 0.3) is 0 Å². The fourth-order valence-corrected chi connectivity index (χ4v) is 2.00. The Morgan fingerprint density at radius 1 is 0.650 bits per heavy atom. The second-order valence-electron chi connectivity index (χ2n) is 4.61. The molecule has 0 fully saturated rings. The Bertz CT molecular complexity index is 551. The van der Waals surface area contributed by atoms with Crippen LogP contribution in [-0.4, -0.2) is 6.54 Å². The second kappa shape index (κ2) is 8.13. The van der Waals surface area contributed by atoms with Gasteiger partial charge in [-0.05, 0) is 22.9 Å². The molecule has 0 heterocycles. The summed E-state index contributed by atoms with van der Waals surface area (Å²) in [7, 11) is 0. The lowest BCUT2D eigenvalue weighted by Crippen LogP contribution is -2.11. The summed E-state index contributed by atoms with van der Waals surface area (Å²) in [4.78, 5) is 0. The maximum atomic E-state index is 3.26. The Labute approximate surface area is 121 Å². The lowest BCUT2D eigenvalue weighted by molar-refractivity contribution is 0.727. The van der Waals surface area contributed by atoms with Gasteiger partial charge in [-0.3, -0.25) is 0 Å². The summed E-state index contributed by atoms with van der Waals surface area (Å²) in [5.74, 6) is 0. The zero-order valence-corrected chi connectivity index (χ0v) is 11.9. The first-order valence-corrected chi connectivity index (χ1v) is 7.08. The van der Waals surface area contributed by atoms with Crippen molar-refractivity contribution in [1.29, 1.82) is 0 Å². The third-order valence-electron chi connectivity index (χ3n) is 3.08. The van der Waals surface area contributed by atoms with E-state index in [-0.39, 0.29) is 0 Å². The van der Waals surface area contributed by atoms with Crippen LogP contribution in [0.15, 0.2) is 78.9 Å². The van der Waals surface area contributed by atoms with E-state index in [0.29, 0.717) is 0 Å². The predicted octanol–water partition coefficient (Wildman–Crippen LogP) is 4.64. The Morgan fingerprint density at radius 2 is 1.10 bits per heavy atom. The summed E-state index contributed by atoms with van der Waals surface area (Å²) >= 11 is 0. The highest BCUT2D eigenvalue weighted by Crippen LogP contribution is 2.11. The first-order chi connectivity index (χ1) is 9.90. The van der Waals surface area contributed by atoms with Gasteiger partial charge < -0.3 is 5.32 Å². The van der Waals surface area contributed by atoms with Crippen molar-refractivity contribution in [3.8, 4) is 0 Å². The highest BCUT2D eigenvalue weighted by atomic mass is 14.8. The molecule has 0 aliphatic heterocycles. The number of benzene rings is 3. The molecule has 0 aliphatic carbocycles. The third-order valence-corrected chi connectivity index (χ3v) is 3.08. The average molecular weight is 263 g/mol. The van der Waals surface area contributed by atoms with E-state index in [1.54, 1.807) is 0 Å². The smallest absolute Gasteiger partial charge is 0.0205 e. The summed E-state index contributed by atoms with van der Waals surface area (Å²) in [5.41, 5.74) is 1.35. The Kier molecular flexibility index (Phi) is 5.81. The molecule has 3 rings (SSSR count). The molecule has 0 atom stereocenters. The lowest BCUT2D eigenvalue weighted by Gasteiger charge is -1.99. The van der Waals surface area contributed by atoms with Crippen LogP contribution in [0.4, 0.5) is 0 Å². The lowest BCUT2D eigenvalue weighted by atomic mass is 10.1. The van der Waals surface area contributed by atoms with Crippen LogP contribution in [0.5, 0.6) is 0 Å². The van der Waals surface area contributed by atoms with Gasteiger partial charge in [-0.15, -0.1) is 0 Å². The van der Waals surface area contributed by atoms with Crippen molar-refractivity contribution < 1.29 is 0 Å². The minimum Gasteiger partial charge on any atom is -0.313 e. The maximum absolute atomic E-state index is 3.26.